The first-order valence-electron chi connectivity index (χ1n) is 11.7. The zero-order valence-corrected chi connectivity index (χ0v) is 19.4. The van der Waals surface area contributed by atoms with Crippen LogP contribution in [0.25, 0.3) is 22.0 Å². The molecule has 5 N–H and O–H groups in total. The molecular formula is C28H31N3O3. The number of para-hydroxylation sites is 1. The summed E-state index contributed by atoms with van der Waals surface area (Å²) in [5.74, 6) is 0.253. The molecule has 4 rings (SSSR count). The summed E-state index contributed by atoms with van der Waals surface area (Å²) in [4.78, 5) is 16.6. The Morgan fingerprint density at radius 2 is 1.91 bits per heavy atom. The standard InChI is InChI=1S/C28H31N3O3/c1-2-12-34-27-11-10-21(20-7-5-6-19(13-20)16-29)15-25(27)28(33)31-23(18-32)14-22-17-30-26-9-4-3-8-24(22)26/h3-11,13,15,17,23,30,32H,2,12,14,16,18,29H2,1H3,(H,31,33)/t23-/m0/s1. The van der Waals surface area contributed by atoms with Gasteiger partial charge in [-0.1, -0.05) is 49.4 Å². The number of carbonyl (C=O) groups is 1. The van der Waals surface area contributed by atoms with Crippen molar-refractivity contribution in [3.8, 4) is 16.9 Å². The van der Waals surface area contributed by atoms with Gasteiger partial charge in [0.1, 0.15) is 5.75 Å². The van der Waals surface area contributed by atoms with Gasteiger partial charge in [-0.3, -0.25) is 4.79 Å². The Morgan fingerprint density at radius 1 is 1.09 bits per heavy atom. The summed E-state index contributed by atoms with van der Waals surface area (Å²) >= 11 is 0. The third-order valence-electron chi connectivity index (χ3n) is 5.88. The fraction of sp³-hybridized carbons (Fsp3) is 0.250. The lowest BCUT2D eigenvalue weighted by Crippen LogP contribution is -2.39. The van der Waals surface area contributed by atoms with E-state index in [2.05, 4.69) is 10.3 Å². The van der Waals surface area contributed by atoms with E-state index in [1.807, 2.05) is 79.9 Å². The van der Waals surface area contributed by atoms with Crippen LogP contribution in [0.5, 0.6) is 5.75 Å². The first kappa shape index (κ1) is 23.5. The lowest BCUT2D eigenvalue weighted by Gasteiger charge is -2.18. The van der Waals surface area contributed by atoms with Crippen LogP contribution < -0.4 is 15.8 Å². The van der Waals surface area contributed by atoms with E-state index in [-0.39, 0.29) is 12.5 Å². The Kier molecular flexibility index (Phi) is 7.62. The van der Waals surface area contributed by atoms with Crippen LogP contribution >= 0.6 is 0 Å². The van der Waals surface area contributed by atoms with Crippen molar-refractivity contribution in [3.05, 3.63) is 89.6 Å². The van der Waals surface area contributed by atoms with Crippen LogP contribution in [-0.4, -0.2) is 35.3 Å². The van der Waals surface area contributed by atoms with Crippen LogP contribution in [0, 0.1) is 0 Å². The maximum atomic E-state index is 13.4. The average Bonchev–Trinajstić information content (AvgIpc) is 3.29. The monoisotopic (exact) mass is 457 g/mol. The molecule has 1 aromatic heterocycles. The molecule has 34 heavy (non-hydrogen) atoms. The smallest absolute Gasteiger partial charge is 0.255 e. The van der Waals surface area contributed by atoms with Crippen LogP contribution in [0.15, 0.2) is 72.9 Å². The Labute approximate surface area is 199 Å². The van der Waals surface area contributed by atoms with Crippen LogP contribution in [0.2, 0.25) is 0 Å². The van der Waals surface area contributed by atoms with Crippen molar-refractivity contribution in [2.75, 3.05) is 13.2 Å². The SMILES string of the molecule is CCCOc1ccc(-c2cccc(CN)c2)cc1C(=O)N[C@H](CO)Cc1c[nH]c2ccccc12. The lowest BCUT2D eigenvalue weighted by atomic mass is 9.99. The number of aliphatic hydroxyl groups excluding tert-OH is 1. The van der Waals surface area contributed by atoms with Gasteiger partial charge in [0.15, 0.2) is 0 Å². The second-order valence-corrected chi connectivity index (χ2v) is 8.38. The Balaban J connectivity index is 1.60. The minimum Gasteiger partial charge on any atom is -0.493 e. The van der Waals surface area contributed by atoms with E-state index in [4.69, 9.17) is 10.5 Å². The van der Waals surface area contributed by atoms with Crippen molar-refractivity contribution in [1.29, 1.82) is 0 Å². The molecule has 1 amide bonds. The number of carbonyl (C=O) groups excluding carboxylic acids is 1. The minimum atomic E-state index is -0.435. The number of ether oxygens (including phenoxy) is 1. The van der Waals surface area contributed by atoms with Crippen LogP contribution in [0.3, 0.4) is 0 Å². The number of aliphatic hydroxyl groups is 1. The molecule has 6 heteroatoms. The number of aromatic nitrogens is 1. The van der Waals surface area contributed by atoms with Crippen molar-refractivity contribution in [2.45, 2.75) is 32.4 Å². The van der Waals surface area contributed by atoms with E-state index in [0.717, 1.165) is 39.6 Å². The van der Waals surface area contributed by atoms with Gasteiger partial charge in [0.05, 0.1) is 24.8 Å². The first-order valence-corrected chi connectivity index (χ1v) is 11.7. The van der Waals surface area contributed by atoms with Gasteiger partial charge in [-0.15, -0.1) is 0 Å². The number of hydrogen-bond donors (Lipinski definition) is 4. The number of fused-ring (bicyclic) bond motifs is 1. The molecule has 6 nitrogen and oxygen atoms in total. The predicted octanol–water partition coefficient (Wildman–Crippen LogP) is 4.42. The van der Waals surface area contributed by atoms with Crippen LogP contribution in [-0.2, 0) is 13.0 Å². The molecule has 0 spiro atoms. The highest BCUT2D eigenvalue weighted by Gasteiger charge is 2.19. The topological polar surface area (TPSA) is 100 Å². The van der Waals surface area contributed by atoms with Crippen LogP contribution in [0.1, 0.15) is 34.8 Å². The Morgan fingerprint density at radius 3 is 2.71 bits per heavy atom. The number of nitrogens with two attached hydrogens (primary N) is 1. The molecule has 0 aliphatic heterocycles. The average molecular weight is 458 g/mol. The molecule has 0 fully saturated rings. The molecule has 4 aromatic rings. The fourth-order valence-corrected chi connectivity index (χ4v) is 4.09. The highest BCUT2D eigenvalue weighted by molar-refractivity contribution is 5.98. The van der Waals surface area contributed by atoms with Gasteiger partial charge < -0.3 is 25.9 Å². The molecule has 1 heterocycles. The quantitative estimate of drug-likeness (QED) is 0.283. The fourth-order valence-electron chi connectivity index (χ4n) is 4.09. The van der Waals surface area contributed by atoms with E-state index in [1.165, 1.54) is 0 Å². The van der Waals surface area contributed by atoms with Gasteiger partial charge in [-0.05, 0) is 59.4 Å². The molecule has 0 saturated heterocycles. The predicted molar refractivity (Wildman–Crippen MR) is 136 cm³/mol. The Hall–Kier alpha value is -3.61. The normalized spacial score (nSPS) is 12.0. The maximum Gasteiger partial charge on any atom is 0.255 e. The zero-order chi connectivity index (χ0) is 23.9. The van der Waals surface area contributed by atoms with Crippen molar-refractivity contribution < 1.29 is 14.6 Å². The third-order valence-corrected chi connectivity index (χ3v) is 5.88. The molecular weight excluding hydrogens is 426 g/mol. The Bertz CT molecular complexity index is 1260. The number of amides is 1. The van der Waals surface area contributed by atoms with E-state index in [9.17, 15) is 9.90 Å². The van der Waals surface area contributed by atoms with Gasteiger partial charge >= 0.3 is 0 Å². The number of H-pyrrole nitrogens is 1. The summed E-state index contributed by atoms with van der Waals surface area (Å²) in [5, 5.41) is 14.1. The number of rotatable bonds is 10. The van der Waals surface area contributed by atoms with E-state index >= 15 is 0 Å². The summed E-state index contributed by atoms with van der Waals surface area (Å²) in [7, 11) is 0. The molecule has 0 unspecified atom stereocenters. The van der Waals surface area contributed by atoms with Crippen molar-refractivity contribution in [1.82, 2.24) is 10.3 Å². The second kappa shape index (κ2) is 11.0. The highest BCUT2D eigenvalue weighted by Crippen LogP contribution is 2.28. The summed E-state index contributed by atoms with van der Waals surface area (Å²) in [6.45, 7) is 2.82. The number of aromatic amines is 1. The van der Waals surface area contributed by atoms with E-state index < -0.39 is 6.04 Å². The summed E-state index contributed by atoms with van der Waals surface area (Å²) in [5.41, 5.74) is 11.2. The highest BCUT2D eigenvalue weighted by atomic mass is 16.5. The molecule has 176 valence electrons. The maximum absolute atomic E-state index is 13.4. The number of benzene rings is 3. The number of hydrogen-bond acceptors (Lipinski definition) is 4. The summed E-state index contributed by atoms with van der Waals surface area (Å²) in [6.07, 6.45) is 3.27. The third kappa shape index (κ3) is 5.30. The largest absolute Gasteiger partial charge is 0.493 e. The second-order valence-electron chi connectivity index (χ2n) is 8.38. The van der Waals surface area contributed by atoms with Gasteiger partial charge in [-0.2, -0.15) is 0 Å². The molecule has 0 aliphatic rings. The van der Waals surface area contributed by atoms with Gasteiger partial charge in [0, 0.05) is 23.6 Å². The molecule has 0 saturated carbocycles. The van der Waals surface area contributed by atoms with Crippen molar-refractivity contribution in [2.24, 2.45) is 5.73 Å². The molecule has 1 atom stereocenters. The van der Waals surface area contributed by atoms with E-state index in [1.54, 1.807) is 0 Å². The van der Waals surface area contributed by atoms with Gasteiger partial charge in [0.25, 0.3) is 5.91 Å². The van der Waals surface area contributed by atoms with Crippen molar-refractivity contribution >= 4 is 16.8 Å². The van der Waals surface area contributed by atoms with Gasteiger partial charge in [-0.25, -0.2) is 0 Å². The minimum absolute atomic E-state index is 0.172. The molecule has 3 aromatic carbocycles. The zero-order valence-electron chi connectivity index (χ0n) is 19.4. The summed E-state index contributed by atoms with van der Waals surface area (Å²) < 4.78 is 5.87. The van der Waals surface area contributed by atoms with Gasteiger partial charge in [0.2, 0.25) is 0 Å². The first-order chi connectivity index (χ1) is 16.6. The van der Waals surface area contributed by atoms with Crippen LogP contribution in [0.4, 0.5) is 0 Å². The molecule has 0 aliphatic carbocycles. The number of nitrogens with one attached hydrogen (secondary N) is 2. The summed E-state index contributed by atoms with van der Waals surface area (Å²) in [6, 6.07) is 21.2. The molecule has 0 radical (unpaired) electrons. The molecule has 0 bridgehead atoms. The van der Waals surface area contributed by atoms with Crippen molar-refractivity contribution in [3.63, 3.8) is 0 Å². The van der Waals surface area contributed by atoms with E-state index in [0.29, 0.717) is 30.9 Å². The lowest BCUT2D eigenvalue weighted by molar-refractivity contribution is 0.0912.